The van der Waals surface area contributed by atoms with Crippen LogP contribution in [-0.4, -0.2) is 62.7 Å². The van der Waals surface area contributed by atoms with Crippen LogP contribution in [0.2, 0.25) is 0 Å². The van der Waals surface area contributed by atoms with Gasteiger partial charge in [-0.1, -0.05) is 17.3 Å². The first kappa shape index (κ1) is 32.7. The highest BCUT2D eigenvalue weighted by atomic mass is 19.4. The lowest BCUT2D eigenvalue weighted by molar-refractivity contribution is -0.138. The Morgan fingerprint density at radius 2 is 1.78 bits per heavy atom. The van der Waals surface area contributed by atoms with Crippen molar-refractivity contribution in [2.24, 2.45) is 0 Å². The van der Waals surface area contributed by atoms with Crippen LogP contribution in [0.25, 0.3) is 0 Å². The lowest BCUT2D eigenvalue weighted by Crippen LogP contribution is -2.34. The summed E-state index contributed by atoms with van der Waals surface area (Å²) in [5.41, 5.74) is -2.74. The Kier molecular flexibility index (Phi) is 10.1. The highest BCUT2D eigenvalue weighted by Gasteiger charge is 2.38. The van der Waals surface area contributed by atoms with Gasteiger partial charge in [0.15, 0.2) is 5.82 Å². The van der Waals surface area contributed by atoms with Gasteiger partial charge in [-0.05, 0) is 37.5 Å². The van der Waals surface area contributed by atoms with E-state index in [0.717, 1.165) is 23.3 Å². The first-order valence-electron chi connectivity index (χ1n) is 14.3. The van der Waals surface area contributed by atoms with Crippen LogP contribution in [0.4, 0.5) is 33.6 Å². The predicted octanol–water partition coefficient (Wildman–Crippen LogP) is 4.83. The summed E-state index contributed by atoms with van der Waals surface area (Å²) in [6, 6.07) is 5.92. The van der Waals surface area contributed by atoms with E-state index in [1.807, 2.05) is 4.90 Å². The number of hydrogen-bond donors (Lipinski definition) is 1. The average molecular weight is 651 g/mol. The Hall–Kier alpha value is -4.67. The van der Waals surface area contributed by atoms with E-state index in [2.05, 4.69) is 30.5 Å². The van der Waals surface area contributed by atoms with E-state index >= 15 is 0 Å². The smallest absolute Gasteiger partial charge is 0.423 e. The molecule has 4 aromatic rings. The molecule has 0 saturated carbocycles. The molecule has 1 aliphatic heterocycles. The average Bonchev–Trinajstić information content (AvgIpc) is 3.51. The third kappa shape index (κ3) is 7.94. The molecule has 5 rings (SSSR count). The normalized spacial score (nSPS) is 14.9. The molecule has 246 valence electrons. The number of anilines is 2. The number of halogens is 5. The van der Waals surface area contributed by atoms with E-state index in [9.17, 15) is 26.7 Å². The van der Waals surface area contributed by atoms with Gasteiger partial charge in [-0.25, -0.2) is 23.4 Å². The predicted molar refractivity (Wildman–Crippen MR) is 154 cm³/mol. The highest BCUT2D eigenvalue weighted by molar-refractivity contribution is 5.50. The molecular formula is C29H31F5N8O4. The molecule has 1 atom stereocenters. The van der Waals surface area contributed by atoms with Crippen molar-refractivity contribution in [2.45, 2.75) is 57.5 Å². The number of aromatic nitrogens is 6. The molecule has 0 amide bonds. The van der Waals surface area contributed by atoms with Crippen molar-refractivity contribution in [1.82, 2.24) is 29.9 Å². The van der Waals surface area contributed by atoms with Crippen LogP contribution < -0.4 is 20.5 Å². The number of ether oxygens (including phenoxy) is 2. The number of piperidine rings is 1. The summed E-state index contributed by atoms with van der Waals surface area (Å²) >= 11 is 0. The minimum atomic E-state index is -4.92. The van der Waals surface area contributed by atoms with Crippen molar-refractivity contribution < 1.29 is 35.9 Å². The molecule has 12 nitrogen and oxygen atoms in total. The van der Waals surface area contributed by atoms with E-state index in [1.165, 1.54) is 7.11 Å². The van der Waals surface area contributed by atoms with Crippen molar-refractivity contribution in [1.29, 1.82) is 0 Å². The lowest BCUT2D eigenvalue weighted by Gasteiger charge is -2.30. The fourth-order valence-corrected chi connectivity index (χ4v) is 4.96. The zero-order chi connectivity index (χ0) is 32.8. The standard InChI is InChI=1S/C29H31F5N8O4/c1-17(38-22-13-37-42(27(43)24(22)29(32,33)34)14-18-3-5-21(44-2)6-4-18)15-45-16-23-39-26(40-46-23)19-7-9-41(10-8-19)28-35-11-20(12-36-28)25(30)31/h3-6,11-13,17,19,25,38H,7-10,14-16H2,1-2H3. The SMILES string of the molecule is COc1ccc(Cn2ncc(NC(C)COCc3nc(C4CCN(c5ncc(C(F)F)cn5)CC4)no3)c(C(F)(F)F)c2=O)cc1. The van der Waals surface area contributed by atoms with Crippen molar-refractivity contribution in [3.05, 3.63) is 81.6 Å². The molecule has 0 radical (unpaired) electrons. The quantitative estimate of drug-likeness (QED) is 0.211. The number of nitrogens with one attached hydrogen (secondary N) is 1. The maximum absolute atomic E-state index is 14.0. The van der Waals surface area contributed by atoms with E-state index < -0.39 is 35.5 Å². The van der Waals surface area contributed by atoms with Crippen molar-refractivity contribution >= 4 is 11.6 Å². The molecule has 1 aromatic carbocycles. The van der Waals surface area contributed by atoms with Crippen LogP contribution >= 0.6 is 0 Å². The Morgan fingerprint density at radius 1 is 1.09 bits per heavy atom. The Balaban J connectivity index is 1.12. The lowest BCUT2D eigenvalue weighted by atomic mass is 9.96. The summed E-state index contributed by atoms with van der Waals surface area (Å²) in [7, 11) is 1.49. The minimum absolute atomic E-state index is 0.00480. The second kappa shape index (κ2) is 14.2. The van der Waals surface area contributed by atoms with Gasteiger partial charge in [0.1, 0.15) is 17.9 Å². The van der Waals surface area contributed by atoms with Crippen molar-refractivity contribution in [3.63, 3.8) is 0 Å². The minimum Gasteiger partial charge on any atom is -0.497 e. The third-order valence-electron chi connectivity index (χ3n) is 7.35. The Morgan fingerprint density at radius 3 is 2.41 bits per heavy atom. The van der Waals surface area contributed by atoms with Gasteiger partial charge < -0.3 is 24.2 Å². The van der Waals surface area contributed by atoms with Gasteiger partial charge in [-0.15, -0.1) is 0 Å². The maximum atomic E-state index is 14.0. The zero-order valence-electron chi connectivity index (χ0n) is 24.9. The summed E-state index contributed by atoms with van der Waals surface area (Å²) in [4.78, 5) is 27.2. The maximum Gasteiger partial charge on any atom is 0.423 e. The van der Waals surface area contributed by atoms with E-state index in [0.29, 0.717) is 49.0 Å². The molecule has 4 heterocycles. The van der Waals surface area contributed by atoms with Gasteiger partial charge >= 0.3 is 6.18 Å². The van der Waals surface area contributed by atoms with Crippen LogP contribution in [0.3, 0.4) is 0 Å². The third-order valence-corrected chi connectivity index (χ3v) is 7.35. The van der Waals surface area contributed by atoms with Crippen molar-refractivity contribution in [3.8, 4) is 5.75 Å². The highest BCUT2D eigenvalue weighted by Crippen LogP contribution is 2.32. The van der Waals surface area contributed by atoms with Crippen LogP contribution in [0, 0.1) is 0 Å². The van der Waals surface area contributed by atoms with Crippen molar-refractivity contribution in [2.75, 3.05) is 37.0 Å². The number of alkyl halides is 5. The molecule has 46 heavy (non-hydrogen) atoms. The second-order valence-electron chi connectivity index (χ2n) is 10.7. The topological polar surface area (TPSA) is 133 Å². The van der Waals surface area contributed by atoms with Crippen LogP contribution in [0.1, 0.15) is 60.5 Å². The summed E-state index contributed by atoms with van der Waals surface area (Å²) in [5.74, 6) is 1.64. The van der Waals surface area contributed by atoms with Gasteiger partial charge in [0, 0.05) is 37.4 Å². The number of nitrogens with zero attached hydrogens (tertiary/aromatic N) is 7. The molecule has 0 spiro atoms. The van der Waals surface area contributed by atoms with Gasteiger partial charge in [0.05, 0.1) is 37.7 Å². The molecule has 0 bridgehead atoms. The summed E-state index contributed by atoms with van der Waals surface area (Å²) in [6.45, 7) is 2.48. The Bertz CT molecular complexity index is 1640. The molecule has 1 fully saturated rings. The molecule has 1 saturated heterocycles. The molecular weight excluding hydrogens is 619 g/mol. The number of methoxy groups -OCH3 is 1. The Labute approximate surface area is 259 Å². The number of rotatable bonds is 12. The first-order valence-corrected chi connectivity index (χ1v) is 14.3. The van der Waals surface area contributed by atoms with E-state index in [1.54, 1.807) is 31.2 Å². The molecule has 17 heteroatoms. The summed E-state index contributed by atoms with van der Waals surface area (Å²) in [5, 5.41) is 10.7. The summed E-state index contributed by atoms with van der Waals surface area (Å²) < 4.78 is 84.1. The molecule has 1 unspecified atom stereocenters. The number of hydrogen-bond acceptors (Lipinski definition) is 11. The van der Waals surface area contributed by atoms with E-state index in [-0.39, 0.29) is 37.1 Å². The largest absolute Gasteiger partial charge is 0.497 e. The van der Waals surface area contributed by atoms with Gasteiger partial charge in [0.2, 0.25) is 5.95 Å². The fourth-order valence-electron chi connectivity index (χ4n) is 4.96. The van der Waals surface area contributed by atoms with E-state index in [4.69, 9.17) is 14.0 Å². The van der Waals surface area contributed by atoms with Gasteiger partial charge in [0.25, 0.3) is 17.9 Å². The molecule has 0 aliphatic carbocycles. The molecule has 1 aliphatic rings. The van der Waals surface area contributed by atoms with Gasteiger partial charge in [-0.2, -0.15) is 23.3 Å². The summed E-state index contributed by atoms with van der Waals surface area (Å²) in [6.07, 6.45) is -3.01. The van der Waals surface area contributed by atoms with Crippen LogP contribution in [0.5, 0.6) is 5.75 Å². The first-order chi connectivity index (χ1) is 22.0. The molecule has 3 aromatic heterocycles. The van der Waals surface area contributed by atoms with Gasteiger partial charge in [-0.3, -0.25) is 4.79 Å². The monoisotopic (exact) mass is 650 g/mol. The van der Waals surface area contributed by atoms with Crippen LogP contribution in [0.15, 0.2) is 52.2 Å². The zero-order valence-corrected chi connectivity index (χ0v) is 24.9. The number of benzene rings is 1. The second-order valence-corrected chi connectivity index (χ2v) is 10.7. The molecule has 1 N–H and O–H groups in total. The van der Waals surface area contributed by atoms with Crippen LogP contribution in [-0.2, 0) is 24.1 Å². The fraction of sp³-hybridized carbons (Fsp3) is 0.448.